The Morgan fingerprint density at radius 1 is 1.12 bits per heavy atom. The van der Waals surface area contributed by atoms with Gasteiger partial charge >= 0.3 is 6.03 Å². The third-order valence-corrected chi connectivity index (χ3v) is 3.51. The zero-order valence-corrected chi connectivity index (χ0v) is 10.3. The first-order chi connectivity index (χ1) is 8.34. The maximum Gasteiger partial charge on any atom is 0.338 e. The maximum absolute atomic E-state index is 11.6. The summed E-state index contributed by atoms with van der Waals surface area (Å²) < 4.78 is 0. The number of carbonyl (C=O) groups is 1. The van der Waals surface area contributed by atoms with E-state index in [1.807, 2.05) is 0 Å². The van der Waals surface area contributed by atoms with E-state index in [1.165, 1.54) is 19.3 Å². The van der Waals surface area contributed by atoms with Gasteiger partial charge < -0.3 is 10.6 Å². The average Bonchev–Trinajstić information content (AvgIpc) is 2.39. The molecular formula is C12H23N3O2. The van der Waals surface area contributed by atoms with E-state index in [1.54, 1.807) is 0 Å². The first kappa shape index (κ1) is 12.6. The molecule has 0 bridgehead atoms. The third-order valence-electron chi connectivity index (χ3n) is 3.51. The minimum atomic E-state index is -0.192. The molecule has 1 aliphatic heterocycles. The van der Waals surface area contributed by atoms with Crippen molar-refractivity contribution in [2.24, 2.45) is 0 Å². The Hall–Kier alpha value is -0.810. The van der Waals surface area contributed by atoms with E-state index in [0.29, 0.717) is 6.04 Å². The SMILES string of the molecule is O=C(NOC1CCCNC1)NC1CCCCC1. The van der Waals surface area contributed by atoms with Gasteiger partial charge in [-0.25, -0.2) is 10.3 Å². The summed E-state index contributed by atoms with van der Waals surface area (Å²) in [6.45, 7) is 1.87. The summed E-state index contributed by atoms with van der Waals surface area (Å²) in [4.78, 5) is 16.9. The van der Waals surface area contributed by atoms with Gasteiger partial charge in [-0.2, -0.15) is 0 Å². The minimum Gasteiger partial charge on any atom is -0.334 e. The third kappa shape index (κ3) is 4.52. The summed E-state index contributed by atoms with van der Waals surface area (Å²) in [5.74, 6) is 0. The van der Waals surface area contributed by atoms with Crippen LogP contribution in [-0.4, -0.2) is 31.3 Å². The normalized spacial score (nSPS) is 26.5. The molecule has 0 spiro atoms. The molecule has 98 valence electrons. The summed E-state index contributed by atoms with van der Waals surface area (Å²) >= 11 is 0. The quantitative estimate of drug-likeness (QED) is 0.653. The van der Waals surface area contributed by atoms with Gasteiger partial charge in [-0.05, 0) is 32.2 Å². The molecule has 1 aliphatic carbocycles. The lowest BCUT2D eigenvalue weighted by molar-refractivity contribution is -0.0160. The van der Waals surface area contributed by atoms with Crippen LogP contribution in [0.3, 0.4) is 0 Å². The molecule has 0 radical (unpaired) electrons. The molecule has 1 heterocycles. The lowest BCUT2D eigenvalue weighted by Gasteiger charge is -2.25. The van der Waals surface area contributed by atoms with Crippen molar-refractivity contribution in [2.75, 3.05) is 13.1 Å². The fourth-order valence-electron chi connectivity index (χ4n) is 2.52. The van der Waals surface area contributed by atoms with Crippen LogP contribution in [0.1, 0.15) is 44.9 Å². The first-order valence-electron chi connectivity index (χ1n) is 6.77. The van der Waals surface area contributed by atoms with Crippen LogP contribution in [0.5, 0.6) is 0 Å². The largest absolute Gasteiger partial charge is 0.338 e. The van der Waals surface area contributed by atoms with Gasteiger partial charge in [0.05, 0.1) is 6.10 Å². The van der Waals surface area contributed by atoms with Crippen LogP contribution in [0.2, 0.25) is 0 Å². The van der Waals surface area contributed by atoms with Crippen LogP contribution in [0.4, 0.5) is 4.79 Å². The number of rotatable bonds is 3. The zero-order valence-electron chi connectivity index (χ0n) is 10.3. The van der Waals surface area contributed by atoms with Crippen molar-refractivity contribution in [1.82, 2.24) is 16.1 Å². The van der Waals surface area contributed by atoms with Crippen LogP contribution < -0.4 is 16.1 Å². The first-order valence-corrected chi connectivity index (χ1v) is 6.77. The Morgan fingerprint density at radius 3 is 2.65 bits per heavy atom. The van der Waals surface area contributed by atoms with Crippen molar-refractivity contribution in [3.63, 3.8) is 0 Å². The minimum absolute atomic E-state index is 0.112. The number of carbonyl (C=O) groups excluding carboxylic acids is 1. The van der Waals surface area contributed by atoms with Crippen molar-refractivity contribution in [3.8, 4) is 0 Å². The van der Waals surface area contributed by atoms with Crippen LogP contribution in [0.15, 0.2) is 0 Å². The number of hydrogen-bond acceptors (Lipinski definition) is 3. The van der Waals surface area contributed by atoms with Crippen molar-refractivity contribution in [1.29, 1.82) is 0 Å². The van der Waals surface area contributed by atoms with Crippen molar-refractivity contribution in [3.05, 3.63) is 0 Å². The van der Waals surface area contributed by atoms with Crippen LogP contribution in [-0.2, 0) is 4.84 Å². The Balaban J connectivity index is 1.59. The smallest absolute Gasteiger partial charge is 0.334 e. The van der Waals surface area contributed by atoms with E-state index in [2.05, 4.69) is 16.1 Å². The molecule has 1 saturated carbocycles. The highest BCUT2D eigenvalue weighted by atomic mass is 16.7. The summed E-state index contributed by atoms with van der Waals surface area (Å²) in [7, 11) is 0. The van der Waals surface area contributed by atoms with Crippen molar-refractivity contribution >= 4 is 6.03 Å². The van der Waals surface area contributed by atoms with Gasteiger partial charge in [-0.15, -0.1) is 0 Å². The molecule has 5 nitrogen and oxygen atoms in total. The Kier molecular flexibility index (Phi) is 5.07. The molecule has 1 atom stereocenters. The van der Waals surface area contributed by atoms with Crippen molar-refractivity contribution < 1.29 is 9.63 Å². The van der Waals surface area contributed by atoms with E-state index in [-0.39, 0.29) is 12.1 Å². The second kappa shape index (κ2) is 6.81. The van der Waals surface area contributed by atoms with Crippen LogP contribution in [0.25, 0.3) is 0 Å². The van der Waals surface area contributed by atoms with Crippen molar-refractivity contribution in [2.45, 2.75) is 57.1 Å². The second-order valence-corrected chi connectivity index (χ2v) is 5.00. The van der Waals surface area contributed by atoms with E-state index < -0.39 is 0 Å². The molecule has 0 aromatic heterocycles. The molecule has 17 heavy (non-hydrogen) atoms. The van der Waals surface area contributed by atoms with Crippen LogP contribution >= 0.6 is 0 Å². The van der Waals surface area contributed by atoms with E-state index in [0.717, 1.165) is 38.8 Å². The standard InChI is InChI=1S/C12H23N3O2/c16-12(14-10-5-2-1-3-6-10)15-17-11-7-4-8-13-9-11/h10-11,13H,1-9H2,(H2,14,15,16). The van der Waals surface area contributed by atoms with E-state index in [4.69, 9.17) is 4.84 Å². The summed E-state index contributed by atoms with van der Waals surface area (Å²) in [6, 6.07) is 0.138. The predicted octanol–water partition coefficient (Wildman–Crippen LogP) is 1.30. The maximum atomic E-state index is 11.6. The number of amides is 2. The molecule has 0 aromatic carbocycles. The highest BCUT2D eigenvalue weighted by Crippen LogP contribution is 2.17. The highest BCUT2D eigenvalue weighted by Gasteiger charge is 2.18. The van der Waals surface area contributed by atoms with E-state index >= 15 is 0 Å². The predicted molar refractivity (Wildman–Crippen MR) is 65.5 cm³/mol. The molecule has 2 amide bonds. The molecule has 2 rings (SSSR count). The number of nitrogens with one attached hydrogen (secondary N) is 3. The molecule has 2 aliphatic rings. The number of hydroxylamine groups is 1. The molecule has 5 heteroatoms. The number of hydrogen-bond donors (Lipinski definition) is 3. The summed E-state index contributed by atoms with van der Waals surface area (Å²) in [6.07, 6.45) is 8.16. The monoisotopic (exact) mass is 241 g/mol. The zero-order chi connectivity index (χ0) is 11.9. The lowest BCUT2D eigenvalue weighted by atomic mass is 9.96. The van der Waals surface area contributed by atoms with Gasteiger partial charge in [0.15, 0.2) is 0 Å². The highest BCUT2D eigenvalue weighted by molar-refractivity contribution is 5.73. The lowest BCUT2D eigenvalue weighted by Crippen LogP contribution is -2.46. The fraction of sp³-hybridized carbons (Fsp3) is 0.917. The van der Waals surface area contributed by atoms with Gasteiger partial charge in [0, 0.05) is 12.6 Å². The molecule has 2 fully saturated rings. The summed E-state index contributed by atoms with van der Waals surface area (Å²) in [5, 5.41) is 6.21. The number of piperidine rings is 1. The molecule has 1 unspecified atom stereocenters. The van der Waals surface area contributed by atoms with E-state index in [9.17, 15) is 4.79 Å². The van der Waals surface area contributed by atoms with Gasteiger partial charge in [0.1, 0.15) is 0 Å². The molecule has 1 saturated heterocycles. The molecule has 0 aromatic rings. The molecule has 3 N–H and O–H groups in total. The van der Waals surface area contributed by atoms with Gasteiger partial charge in [0.25, 0.3) is 0 Å². The topological polar surface area (TPSA) is 62.4 Å². The Labute approximate surface area is 103 Å². The Morgan fingerprint density at radius 2 is 1.94 bits per heavy atom. The fourth-order valence-corrected chi connectivity index (χ4v) is 2.52. The second-order valence-electron chi connectivity index (χ2n) is 5.00. The Bertz CT molecular complexity index is 236. The van der Waals surface area contributed by atoms with Crippen LogP contribution in [0, 0.1) is 0 Å². The summed E-state index contributed by atoms with van der Waals surface area (Å²) in [5.41, 5.74) is 2.51. The molecular weight excluding hydrogens is 218 g/mol. The average molecular weight is 241 g/mol. The number of urea groups is 1. The van der Waals surface area contributed by atoms with Gasteiger partial charge in [-0.1, -0.05) is 19.3 Å². The van der Waals surface area contributed by atoms with Gasteiger partial charge in [-0.3, -0.25) is 4.84 Å². The van der Waals surface area contributed by atoms with Gasteiger partial charge in [0.2, 0.25) is 0 Å².